The molecule has 0 N–H and O–H groups in total. The minimum Gasteiger partial charge on any atom is -0.249 e. The van der Waals surface area contributed by atoms with Gasteiger partial charge in [-0.05, 0) is 34.7 Å². The van der Waals surface area contributed by atoms with E-state index in [1.54, 1.807) is 10.7 Å². The Bertz CT molecular complexity index is 437. The largest absolute Gasteiger partial charge is 0.249 e. The van der Waals surface area contributed by atoms with Gasteiger partial charge in [0.15, 0.2) is 5.65 Å². The molecule has 0 atom stereocenters. The second-order valence-corrected chi connectivity index (χ2v) is 3.83. The summed E-state index contributed by atoms with van der Waals surface area (Å²) in [5.41, 5.74) is 0.826. The Balaban J connectivity index is 2.90. The quantitative estimate of drug-likeness (QED) is 0.551. The van der Waals surface area contributed by atoms with E-state index in [1.165, 1.54) is 0 Å². The van der Waals surface area contributed by atoms with Crippen molar-refractivity contribution in [2.75, 3.05) is 0 Å². The van der Waals surface area contributed by atoms with E-state index in [4.69, 9.17) is 11.6 Å². The molecule has 0 aliphatic rings. The molecule has 2 aromatic rings. The van der Waals surface area contributed by atoms with E-state index in [-0.39, 0.29) is 0 Å². The molecular weight excluding hydrogens is 288 g/mol. The molecule has 12 heavy (non-hydrogen) atoms. The molecular formula is C7H5ClIN3. The van der Waals surface area contributed by atoms with Gasteiger partial charge in [0.05, 0.1) is 5.39 Å². The highest BCUT2D eigenvalue weighted by Gasteiger charge is 2.06. The first kappa shape index (κ1) is 8.25. The maximum atomic E-state index is 5.75. The van der Waals surface area contributed by atoms with E-state index in [1.807, 2.05) is 13.1 Å². The van der Waals surface area contributed by atoms with Crippen LogP contribution in [-0.4, -0.2) is 14.8 Å². The van der Waals surface area contributed by atoms with E-state index in [0.29, 0.717) is 5.15 Å². The van der Waals surface area contributed by atoms with E-state index in [9.17, 15) is 0 Å². The lowest BCUT2D eigenvalue weighted by atomic mass is 10.4. The number of hydrogen-bond donors (Lipinski definition) is 0. The van der Waals surface area contributed by atoms with E-state index in [2.05, 4.69) is 32.7 Å². The van der Waals surface area contributed by atoms with Crippen LogP contribution in [-0.2, 0) is 7.05 Å². The van der Waals surface area contributed by atoms with Gasteiger partial charge in [0.1, 0.15) is 8.85 Å². The van der Waals surface area contributed by atoms with Gasteiger partial charge >= 0.3 is 0 Å². The first-order chi connectivity index (χ1) is 5.68. The third-order valence-corrected chi connectivity index (χ3v) is 2.62. The summed E-state index contributed by atoms with van der Waals surface area (Å²) in [4.78, 5) is 4.16. The molecule has 2 heterocycles. The Hall–Kier alpha value is -0.360. The average Bonchev–Trinajstić information content (AvgIpc) is 2.28. The number of aryl methyl sites for hydroxylation is 1. The van der Waals surface area contributed by atoms with Crippen LogP contribution >= 0.6 is 34.2 Å². The molecule has 0 amide bonds. The summed E-state index contributed by atoms with van der Waals surface area (Å²) in [6.07, 6.45) is 0. The van der Waals surface area contributed by atoms with Gasteiger partial charge in [-0.15, -0.1) is 0 Å². The maximum Gasteiger partial charge on any atom is 0.160 e. The number of aromatic nitrogens is 3. The van der Waals surface area contributed by atoms with Crippen LogP contribution in [0.3, 0.4) is 0 Å². The SMILES string of the molecule is Cn1nc(I)c2ccc(Cl)nc21. The van der Waals surface area contributed by atoms with Crippen LogP contribution in [0.4, 0.5) is 0 Å². The molecule has 0 fully saturated rings. The molecule has 3 nitrogen and oxygen atoms in total. The van der Waals surface area contributed by atoms with Gasteiger partial charge in [-0.1, -0.05) is 11.6 Å². The third-order valence-electron chi connectivity index (χ3n) is 1.61. The molecule has 0 bridgehead atoms. The van der Waals surface area contributed by atoms with Crippen molar-refractivity contribution in [2.45, 2.75) is 0 Å². The Morgan fingerprint density at radius 2 is 2.25 bits per heavy atom. The van der Waals surface area contributed by atoms with E-state index in [0.717, 1.165) is 14.7 Å². The Morgan fingerprint density at radius 1 is 1.50 bits per heavy atom. The number of nitrogens with zero attached hydrogens (tertiary/aromatic N) is 3. The second-order valence-electron chi connectivity index (χ2n) is 2.42. The molecule has 0 aliphatic heterocycles. The van der Waals surface area contributed by atoms with Crippen molar-refractivity contribution in [1.29, 1.82) is 0 Å². The average molecular weight is 293 g/mol. The van der Waals surface area contributed by atoms with Crippen molar-refractivity contribution >= 4 is 45.2 Å². The van der Waals surface area contributed by atoms with Crippen LogP contribution in [0.25, 0.3) is 11.0 Å². The molecule has 0 spiro atoms. The lowest BCUT2D eigenvalue weighted by Gasteiger charge is -1.92. The molecule has 2 aromatic heterocycles. The summed E-state index contributed by atoms with van der Waals surface area (Å²) >= 11 is 7.92. The topological polar surface area (TPSA) is 30.7 Å². The predicted octanol–water partition coefficient (Wildman–Crippen LogP) is 2.23. The van der Waals surface area contributed by atoms with Crippen LogP contribution < -0.4 is 0 Å². The fraction of sp³-hybridized carbons (Fsp3) is 0.143. The minimum absolute atomic E-state index is 0.502. The highest BCUT2D eigenvalue weighted by molar-refractivity contribution is 14.1. The number of halogens is 2. The Morgan fingerprint density at radius 3 is 3.00 bits per heavy atom. The van der Waals surface area contributed by atoms with Crippen LogP contribution in [0.5, 0.6) is 0 Å². The molecule has 2 rings (SSSR count). The van der Waals surface area contributed by atoms with Crippen molar-refractivity contribution < 1.29 is 0 Å². The Kier molecular flexibility index (Phi) is 1.96. The zero-order valence-electron chi connectivity index (χ0n) is 6.25. The highest BCUT2D eigenvalue weighted by atomic mass is 127. The Labute approximate surface area is 87.9 Å². The zero-order chi connectivity index (χ0) is 8.72. The van der Waals surface area contributed by atoms with E-state index >= 15 is 0 Å². The van der Waals surface area contributed by atoms with Crippen molar-refractivity contribution in [2.24, 2.45) is 7.05 Å². The summed E-state index contributed by atoms with van der Waals surface area (Å²) in [7, 11) is 1.85. The van der Waals surface area contributed by atoms with Gasteiger partial charge in [-0.25, -0.2) is 9.67 Å². The van der Waals surface area contributed by atoms with E-state index < -0.39 is 0 Å². The molecule has 62 valence electrons. The molecule has 5 heteroatoms. The summed E-state index contributed by atoms with van der Waals surface area (Å²) in [6, 6.07) is 3.70. The predicted molar refractivity (Wildman–Crippen MR) is 56.2 cm³/mol. The van der Waals surface area contributed by atoms with Gasteiger partial charge in [0, 0.05) is 7.05 Å². The van der Waals surface area contributed by atoms with Crippen molar-refractivity contribution in [3.63, 3.8) is 0 Å². The first-order valence-electron chi connectivity index (χ1n) is 3.33. The molecule has 0 saturated carbocycles. The lowest BCUT2D eigenvalue weighted by molar-refractivity contribution is 0.777. The van der Waals surface area contributed by atoms with Gasteiger partial charge in [0.2, 0.25) is 0 Å². The first-order valence-corrected chi connectivity index (χ1v) is 4.79. The standard InChI is InChI=1S/C7H5ClIN3/c1-12-7-4(6(9)11-12)2-3-5(8)10-7/h2-3H,1H3. The summed E-state index contributed by atoms with van der Waals surface area (Å²) in [6.45, 7) is 0. The van der Waals surface area contributed by atoms with Crippen molar-refractivity contribution in [1.82, 2.24) is 14.8 Å². The minimum atomic E-state index is 0.502. The smallest absolute Gasteiger partial charge is 0.160 e. The fourth-order valence-electron chi connectivity index (χ4n) is 1.07. The van der Waals surface area contributed by atoms with Gasteiger partial charge < -0.3 is 0 Å². The number of rotatable bonds is 0. The van der Waals surface area contributed by atoms with Gasteiger partial charge in [-0.2, -0.15) is 5.10 Å². The van der Waals surface area contributed by atoms with Crippen molar-refractivity contribution in [3.05, 3.63) is 21.0 Å². The van der Waals surface area contributed by atoms with Crippen LogP contribution in [0.15, 0.2) is 12.1 Å². The summed E-state index contributed by atoms with van der Waals surface area (Å²) < 4.78 is 2.68. The van der Waals surface area contributed by atoms with Gasteiger partial charge in [-0.3, -0.25) is 0 Å². The molecule has 0 unspecified atom stereocenters. The van der Waals surface area contributed by atoms with Crippen LogP contribution in [0.1, 0.15) is 0 Å². The molecule has 0 aliphatic carbocycles. The number of fused-ring (bicyclic) bond motifs is 1. The van der Waals surface area contributed by atoms with Crippen LogP contribution in [0.2, 0.25) is 5.15 Å². The monoisotopic (exact) mass is 293 g/mol. The van der Waals surface area contributed by atoms with Gasteiger partial charge in [0.25, 0.3) is 0 Å². The lowest BCUT2D eigenvalue weighted by Crippen LogP contribution is -1.91. The molecule has 0 aromatic carbocycles. The molecule has 0 saturated heterocycles. The maximum absolute atomic E-state index is 5.75. The second kappa shape index (κ2) is 2.85. The molecule has 0 radical (unpaired) electrons. The fourth-order valence-corrected chi connectivity index (χ4v) is 1.95. The third kappa shape index (κ3) is 1.19. The van der Waals surface area contributed by atoms with Crippen LogP contribution in [0, 0.1) is 3.70 Å². The summed E-state index contributed by atoms with van der Waals surface area (Å²) in [5, 5.41) is 5.76. The zero-order valence-corrected chi connectivity index (χ0v) is 9.17. The normalized spacial score (nSPS) is 10.9. The summed E-state index contributed by atoms with van der Waals surface area (Å²) in [5.74, 6) is 0. The number of pyridine rings is 1. The number of hydrogen-bond acceptors (Lipinski definition) is 2. The van der Waals surface area contributed by atoms with Crippen molar-refractivity contribution in [3.8, 4) is 0 Å². The highest BCUT2D eigenvalue weighted by Crippen LogP contribution is 2.19.